The van der Waals surface area contributed by atoms with Gasteiger partial charge in [-0.1, -0.05) is 17.4 Å². The summed E-state index contributed by atoms with van der Waals surface area (Å²) in [5, 5.41) is 14.4. The molecule has 2 aromatic carbocycles. The number of benzene rings is 2. The van der Waals surface area contributed by atoms with Gasteiger partial charge in [-0.25, -0.2) is 9.18 Å². The van der Waals surface area contributed by atoms with Crippen molar-refractivity contribution in [2.45, 2.75) is 18.9 Å². The molecule has 0 saturated carbocycles. The molecule has 1 atom stereocenters. The number of aromatic nitrogens is 2. The molecule has 3 heterocycles. The smallest absolute Gasteiger partial charge is 0.322 e. The summed E-state index contributed by atoms with van der Waals surface area (Å²) in [5.41, 5.74) is 0.926. The highest BCUT2D eigenvalue weighted by molar-refractivity contribution is 7.13. The molecule has 0 spiro atoms. The summed E-state index contributed by atoms with van der Waals surface area (Å²) in [6.07, 6.45) is 1.49. The van der Waals surface area contributed by atoms with Crippen LogP contribution in [-0.2, 0) is 0 Å². The molecule has 3 aromatic rings. The maximum absolute atomic E-state index is 13.4. The lowest BCUT2D eigenvalue weighted by Gasteiger charge is -2.23. The second-order valence-electron chi connectivity index (χ2n) is 7.26. The lowest BCUT2D eigenvalue weighted by molar-refractivity contribution is 0.102. The minimum absolute atomic E-state index is 0.150. The number of rotatable bonds is 4. The van der Waals surface area contributed by atoms with Gasteiger partial charge in [0.2, 0.25) is 11.8 Å². The number of nitrogens with zero attached hydrogens (tertiary/aromatic N) is 3. The molecule has 1 aromatic heterocycles. The SMILES string of the molecule is O=C(Nc1ccc2c(c1)OCO2)c1nnc([C@@H]2CCCN2C(=O)Nc2cccc(F)c2)s1. The van der Waals surface area contributed by atoms with E-state index in [2.05, 4.69) is 20.8 Å². The van der Waals surface area contributed by atoms with E-state index in [1.807, 2.05) is 0 Å². The number of ether oxygens (including phenoxy) is 2. The number of fused-ring (bicyclic) bond motifs is 1. The number of urea groups is 1. The van der Waals surface area contributed by atoms with Crippen molar-refractivity contribution < 1.29 is 23.5 Å². The molecule has 3 amide bonds. The van der Waals surface area contributed by atoms with E-state index in [4.69, 9.17) is 9.47 Å². The van der Waals surface area contributed by atoms with E-state index in [0.717, 1.165) is 17.8 Å². The number of hydrogen-bond acceptors (Lipinski definition) is 7. The molecule has 32 heavy (non-hydrogen) atoms. The molecule has 0 aliphatic carbocycles. The topological polar surface area (TPSA) is 106 Å². The van der Waals surface area contributed by atoms with Crippen LogP contribution in [-0.4, -0.2) is 40.4 Å². The van der Waals surface area contributed by atoms with Crippen LogP contribution in [0.15, 0.2) is 42.5 Å². The molecule has 2 N–H and O–H groups in total. The number of carbonyl (C=O) groups excluding carboxylic acids is 2. The normalized spacial score (nSPS) is 16.8. The molecule has 164 valence electrons. The zero-order valence-electron chi connectivity index (χ0n) is 16.7. The molecular formula is C21H18FN5O4S. The third-order valence-electron chi connectivity index (χ3n) is 5.14. The van der Waals surface area contributed by atoms with Gasteiger partial charge >= 0.3 is 6.03 Å². The first-order valence-corrected chi connectivity index (χ1v) is 10.8. The summed E-state index contributed by atoms with van der Waals surface area (Å²) in [6, 6.07) is 10.2. The van der Waals surface area contributed by atoms with Gasteiger partial charge in [0.05, 0.1) is 6.04 Å². The number of nitrogens with one attached hydrogen (secondary N) is 2. The molecule has 5 rings (SSSR count). The first-order chi connectivity index (χ1) is 15.6. The molecule has 1 fully saturated rings. The van der Waals surface area contributed by atoms with Crippen molar-refractivity contribution in [3.05, 3.63) is 58.3 Å². The van der Waals surface area contributed by atoms with E-state index in [1.165, 1.54) is 18.2 Å². The van der Waals surface area contributed by atoms with Crippen molar-refractivity contribution in [3.63, 3.8) is 0 Å². The van der Waals surface area contributed by atoms with E-state index in [-0.39, 0.29) is 23.9 Å². The first kappa shape index (κ1) is 20.2. The van der Waals surface area contributed by atoms with Crippen LogP contribution in [0.25, 0.3) is 0 Å². The Morgan fingerprint density at radius 3 is 2.78 bits per heavy atom. The maximum Gasteiger partial charge on any atom is 0.322 e. The van der Waals surface area contributed by atoms with Crippen molar-refractivity contribution in [1.82, 2.24) is 15.1 Å². The van der Waals surface area contributed by atoms with Crippen LogP contribution >= 0.6 is 11.3 Å². The van der Waals surface area contributed by atoms with E-state index in [0.29, 0.717) is 40.8 Å². The maximum atomic E-state index is 13.4. The summed E-state index contributed by atoms with van der Waals surface area (Å²) in [4.78, 5) is 27.0. The standard InChI is InChI=1S/C21H18FN5O4S/c22-12-3-1-4-13(9-12)24-21(29)27-8-2-5-15(27)19-25-26-20(32-19)18(28)23-14-6-7-16-17(10-14)31-11-30-16/h1,3-4,6-7,9-10,15H,2,5,8,11H2,(H,23,28)(H,24,29)/t15-/m0/s1. The van der Waals surface area contributed by atoms with E-state index in [1.54, 1.807) is 29.2 Å². The largest absolute Gasteiger partial charge is 0.454 e. The van der Waals surface area contributed by atoms with Crippen LogP contribution in [0.2, 0.25) is 0 Å². The zero-order chi connectivity index (χ0) is 22.1. The van der Waals surface area contributed by atoms with Gasteiger partial charge in [0.15, 0.2) is 11.5 Å². The zero-order valence-corrected chi connectivity index (χ0v) is 17.5. The minimum atomic E-state index is -0.428. The van der Waals surface area contributed by atoms with Crippen molar-refractivity contribution in [2.75, 3.05) is 24.0 Å². The number of likely N-dealkylation sites (tertiary alicyclic amines) is 1. The molecule has 0 radical (unpaired) electrons. The van der Waals surface area contributed by atoms with Gasteiger partial charge in [0.25, 0.3) is 5.91 Å². The third kappa shape index (κ3) is 4.06. The molecule has 9 nitrogen and oxygen atoms in total. The summed E-state index contributed by atoms with van der Waals surface area (Å²) in [6.45, 7) is 0.682. The van der Waals surface area contributed by atoms with E-state index in [9.17, 15) is 14.0 Å². The van der Waals surface area contributed by atoms with Gasteiger partial charge in [0.1, 0.15) is 10.8 Å². The van der Waals surface area contributed by atoms with Crippen LogP contribution in [0, 0.1) is 5.82 Å². The number of carbonyl (C=O) groups is 2. The van der Waals surface area contributed by atoms with Gasteiger partial charge in [-0.2, -0.15) is 0 Å². The number of anilines is 2. The van der Waals surface area contributed by atoms with Gasteiger partial charge in [-0.05, 0) is 43.2 Å². The minimum Gasteiger partial charge on any atom is -0.454 e. The van der Waals surface area contributed by atoms with Crippen LogP contribution in [0.1, 0.15) is 33.7 Å². The average Bonchev–Trinajstić information content (AvgIpc) is 3.52. The summed E-state index contributed by atoms with van der Waals surface area (Å²) in [5.74, 6) is 0.357. The van der Waals surface area contributed by atoms with E-state index >= 15 is 0 Å². The van der Waals surface area contributed by atoms with Gasteiger partial charge < -0.3 is 25.0 Å². The fraction of sp³-hybridized carbons (Fsp3) is 0.238. The van der Waals surface area contributed by atoms with Crippen LogP contribution in [0.4, 0.5) is 20.6 Å². The Morgan fingerprint density at radius 1 is 1.06 bits per heavy atom. The van der Waals surface area contributed by atoms with Crippen LogP contribution < -0.4 is 20.1 Å². The fourth-order valence-corrected chi connectivity index (χ4v) is 4.53. The monoisotopic (exact) mass is 455 g/mol. The molecule has 2 aliphatic rings. The Labute approximate surface area is 186 Å². The molecular weight excluding hydrogens is 437 g/mol. The predicted molar refractivity (Wildman–Crippen MR) is 115 cm³/mol. The Morgan fingerprint density at radius 2 is 1.91 bits per heavy atom. The van der Waals surface area contributed by atoms with Crippen LogP contribution in [0.5, 0.6) is 11.5 Å². The molecule has 0 bridgehead atoms. The molecule has 11 heteroatoms. The van der Waals surface area contributed by atoms with Crippen molar-refractivity contribution in [1.29, 1.82) is 0 Å². The predicted octanol–water partition coefficient (Wildman–Crippen LogP) is 4.03. The van der Waals surface area contributed by atoms with Gasteiger partial charge in [-0.3, -0.25) is 4.79 Å². The highest BCUT2D eigenvalue weighted by Crippen LogP contribution is 2.36. The Bertz CT molecular complexity index is 1190. The lowest BCUT2D eigenvalue weighted by Crippen LogP contribution is -2.34. The molecule has 0 unspecified atom stereocenters. The second kappa shape index (κ2) is 8.42. The summed E-state index contributed by atoms with van der Waals surface area (Å²) in [7, 11) is 0. The van der Waals surface area contributed by atoms with Gasteiger partial charge in [-0.15, -0.1) is 10.2 Å². The Balaban J connectivity index is 1.26. The Kier molecular flexibility index (Phi) is 5.31. The molecule has 2 aliphatic heterocycles. The van der Waals surface area contributed by atoms with Crippen molar-refractivity contribution in [3.8, 4) is 11.5 Å². The van der Waals surface area contributed by atoms with Gasteiger partial charge in [0, 0.05) is 24.0 Å². The van der Waals surface area contributed by atoms with E-state index < -0.39 is 11.7 Å². The lowest BCUT2D eigenvalue weighted by atomic mass is 10.2. The van der Waals surface area contributed by atoms with Crippen molar-refractivity contribution in [2.24, 2.45) is 0 Å². The average molecular weight is 455 g/mol. The number of halogens is 1. The fourth-order valence-electron chi connectivity index (χ4n) is 3.65. The third-order valence-corrected chi connectivity index (χ3v) is 6.16. The first-order valence-electron chi connectivity index (χ1n) is 9.94. The second-order valence-corrected chi connectivity index (χ2v) is 8.27. The summed E-state index contributed by atoms with van der Waals surface area (Å²) >= 11 is 1.14. The molecule has 1 saturated heterocycles. The number of hydrogen-bond donors (Lipinski definition) is 2. The summed E-state index contributed by atoms with van der Waals surface area (Å²) < 4.78 is 24.0. The van der Waals surface area contributed by atoms with Crippen LogP contribution in [0.3, 0.4) is 0 Å². The van der Waals surface area contributed by atoms with Crippen molar-refractivity contribution >= 4 is 34.6 Å². The Hall–Kier alpha value is -3.73. The quantitative estimate of drug-likeness (QED) is 0.615. The highest BCUT2D eigenvalue weighted by atomic mass is 32.1. The number of amides is 3. The highest BCUT2D eigenvalue weighted by Gasteiger charge is 2.33.